The number of nitrogens with zero attached hydrogens (tertiary/aromatic N) is 3. The van der Waals surface area contributed by atoms with Gasteiger partial charge in [-0.2, -0.15) is 0 Å². The molecule has 0 aliphatic heterocycles. The first-order valence-electron chi connectivity index (χ1n) is 4.81. The van der Waals surface area contributed by atoms with Crippen LogP contribution in [-0.2, 0) is 0 Å². The van der Waals surface area contributed by atoms with E-state index in [0.717, 1.165) is 11.3 Å². The van der Waals surface area contributed by atoms with Crippen LogP contribution in [0, 0.1) is 0 Å². The largest absolute Gasteiger partial charge is 0.378 e. The molecule has 0 unspecified atom stereocenters. The summed E-state index contributed by atoms with van der Waals surface area (Å²) in [5, 5.41) is 0. The summed E-state index contributed by atoms with van der Waals surface area (Å²) >= 11 is 0. The van der Waals surface area contributed by atoms with Crippen LogP contribution in [0.5, 0.6) is 0 Å². The summed E-state index contributed by atoms with van der Waals surface area (Å²) < 4.78 is 0. The number of anilines is 1. The van der Waals surface area contributed by atoms with E-state index in [1.54, 1.807) is 12.5 Å². The standard InChI is InChI=1S/C12H13N3/c1-15(2)11-5-3-4-10(8-11)12-6-7-13-9-14-12/h3-9H,1-2H3. The SMILES string of the molecule is CN(C)c1cccc(-c2ccncn2)c1. The van der Waals surface area contributed by atoms with Crippen molar-refractivity contribution in [1.29, 1.82) is 0 Å². The fourth-order valence-corrected chi connectivity index (χ4v) is 1.40. The van der Waals surface area contributed by atoms with Crippen molar-refractivity contribution in [3.63, 3.8) is 0 Å². The van der Waals surface area contributed by atoms with Gasteiger partial charge in [0, 0.05) is 31.5 Å². The molecule has 1 heterocycles. The molecule has 3 heteroatoms. The fourth-order valence-electron chi connectivity index (χ4n) is 1.40. The summed E-state index contributed by atoms with van der Waals surface area (Å²) in [5.74, 6) is 0. The van der Waals surface area contributed by atoms with Gasteiger partial charge in [-0.15, -0.1) is 0 Å². The van der Waals surface area contributed by atoms with Gasteiger partial charge in [-0.3, -0.25) is 0 Å². The summed E-state index contributed by atoms with van der Waals surface area (Å²) in [7, 11) is 4.05. The van der Waals surface area contributed by atoms with E-state index in [0.29, 0.717) is 0 Å². The van der Waals surface area contributed by atoms with Crippen LogP contribution in [0.25, 0.3) is 11.3 Å². The Balaban J connectivity index is 2.42. The monoisotopic (exact) mass is 199 g/mol. The zero-order valence-electron chi connectivity index (χ0n) is 8.88. The minimum Gasteiger partial charge on any atom is -0.378 e. The molecule has 0 N–H and O–H groups in total. The number of rotatable bonds is 2. The molecule has 0 fully saturated rings. The first-order chi connectivity index (χ1) is 7.27. The van der Waals surface area contributed by atoms with Crippen LogP contribution in [-0.4, -0.2) is 24.1 Å². The molecule has 1 aromatic heterocycles. The number of hydrogen-bond donors (Lipinski definition) is 0. The third-order valence-corrected chi connectivity index (χ3v) is 2.24. The summed E-state index contributed by atoms with van der Waals surface area (Å²) in [6, 6.07) is 10.2. The highest BCUT2D eigenvalue weighted by atomic mass is 15.1. The van der Waals surface area contributed by atoms with Gasteiger partial charge in [0.05, 0.1) is 5.69 Å². The molecular weight excluding hydrogens is 186 g/mol. The molecule has 2 aromatic rings. The average Bonchev–Trinajstić information content (AvgIpc) is 2.30. The molecule has 0 bridgehead atoms. The highest BCUT2D eigenvalue weighted by Gasteiger charge is 2.00. The zero-order chi connectivity index (χ0) is 10.7. The summed E-state index contributed by atoms with van der Waals surface area (Å²) in [5.41, 5.74) is 3.24. The molecule has 0 aliphatic rings. The lowest BCUT2D eigenvalue weighted by atomic mass is 10.1. The molecule has 0 amide bonds. The second kappa shape index (κ2) is 4.09. The third kappa shape index (κ3) is 2.13. The number of aromatic nitrogens is 2. The van der Waals surface area contributed by atoms with Gasteiger partial charge in [0.25, 0.3) is 0 Å². The van der Waals surface area contributed by atoms with E-state index in [1.165, 1.54) is 5.69 Å². The summed E-state index contributed by atoms with van der Waals surface area (Å²) in [4.78, 5) is 10.2. The highest BCUT2D eigenvalue weighted by Crippen LogP contribution is 2.21. The Morgan fingerprint density at radius 3 is 2.67 bits per heavy atom. The van der Waals surface area contributed by atoms with Crippen LogP contribution >= 0.6 is 0 Å². The van der Waals surface area contributed by atoms with Crippen molar-refractivity contribution in [1.82, 2.24) is 9.97 Å². The minimum atomic E-state index is 0.953. The predicted octanol–water partition coefficient (Wildman–Crippen LogP) is 2.21. The van der Waals surface area contributed by atoms with Crippen LogP contribution in [0.1, 0.15) is 0 Å². The van der Waals surface area contributed by atoms with Gasteiger partial charge in [0.1, 0.15) is 6.33 Å². The molecular formula is C12H13N3. The average molecular weight is 199 g/mol. The molecule has 0 aliphatic carbocycles. The van der Waals surface area contributed by atoms with E-state index < -0.39 is 0 Å². The maximum Gasteiger partial charge on any atom is 0.116 e. The van der Waals surface area contributed by atoms with Crippen LogP contribution in [0.15, 0.2) is 42.9 Å². The first kappa shape index (κ1) is 9.65. The van der Waals surface area contributed by atoms with Gasteiger partial charge in [-0.1, -0.05) is 12.1 Å². The maximum atomic E-state index is 4.22. The van der Waals surface area contributed by atoms with Crippen LogP contribution < -0.4 is 4.90 Å². The van der Waals surface area contributed by atoms with Crippen LogP contribution in [0.3, 0.4) is 0 Å². The minimum absolute atomic E-state index is 0.953. The molecule has 15 heavy (non-hydrogen) atoms. The van der Waals surface area contributed by atoms with E-state index in [4.69, 9.17) is 0 Å². The van der Waals surface area contributed by atoms with E-state index in [2.05, 4.69) is 33.1 Å². The lowest BCUT2D eigenvalue weighted by molar-refractivity contribution is 1.13. The van der Waals surface area contributed by atoms with E-state index in [-0.39, 0.29) is 0 Å². The number of benzene rings is 1. The smallest absolute Gasteiger partial charge is 0.116 e. The van der Waals surface area contributed by atoms with Gasteiger partial charge in [0.2, 0.25) is 0 Å². The maximum absolute atomic E-state index is 4.22. The van der Waals surface area contributed by atoms with Crippen molar-refractivity contribution in [2.24, 2.45) is 0 Å². The van der Waals surface area contributed by atoms with Crippen molar-refractivity contribution in [2.45, 2.75) is 0 Å². The van der Waals surface area contributed by atoms with E-state index in [9.17, 15) is 0 Å². The van der Waals surface area contributed by atoms with Crippen molar-refractivity contribution < 1.29 is 0 Å². The molecule has 0 atom stereocenters. The Morgan fingerprint density at radius 2 is 2.00 bits per heavy atom. The summed E-state index contributed by atoms with van der Waals surface area (Å²) in [6.45, 7) is 0. The van der Waals surface area contributed by atoms with Gasteiger partial charge in [-0.25, -0.2) is 9.97 Å². The molecule has 0 saturated carbocycles. The summed E-state index contributed by atoms with van der Waals surface area (Å²) in [6.07, 6.45) is 3.32. The Kier molecular flexibility index (Phi) is 2.63. The lowest BCUT2D eigenvalue weighted by Gasteiger charge is -2.13. The fraction of sp³-hybridized carbons (Fsp3) is 0.167. The lowest BCUT2D eigenvalue weighted by Crippen LogP contribution is -2.08. The predicted molar refractivity (Wildman–Crippen MR) is 61.8 cm³/mol. The molecule has 3 nitrogen and oxygen atoms in total. The Bertz CT molecular complexity index is 438. The molecule has 2 rings (SSSR count). The van der Waals surface area contributed by atoms with Gasteiger partial charge < -0.3 is 4.90 Å². The number of hydrogen-bond acceptors (Lipinski definition) is 3. The van der Waals surface area contributed by atoms with Crippen molar-refractivity contribution in [2.75, 3.05) is 19.0 Å². The van der Waals surface area contributed by atoms with Crippen molar-refractivity contribution in [3.8, 4) is 11.3 Å². The molecule has 76 valence electrons. The Hall–Kier alpha value is -1.90. The van der Waals surface area contributed by atoms with Crippen molar-refractivity contribution >= 4 is 5.69 Å². The van der Waals surface area contributed by atoms with E-state index >= 15 is 0 Å². The first-order valence-corrected chi connectivity index (χ1v) is 4.81. The highest BCUT2D eigenvalue weighted by molar-refractivity contribution is 5.64. The molecule has 1 aromatic carbocycles. The molecule has 0 spiro atoms. The van der Waals surface area contributed by atoms with Gasteiger partial charge in [-0.05, 0) is 18.2 Å². The van der Waals surface area contributed by atoms with Crippen LogP contribution in [0.4, 0.5) is 5.69 Å². The zero-order valence-corrected chi connectivity index (χ0v) is 8.88. The topological polar surface area (TPSA) is 29.0 Å². The molecule has 0 radical (unpaired) electrons. The molecule has 0 saturated heterocycles. The van der Waals surface area contributed by atoms with Crippen molar-refractivity contribution in [3.05, 3.63) is 42.9 Å². The quantitative estimate of drug-likeness (QED) is 0.742. The second-order valence-electron chi connectivity index (χ2n) is 3.54. The Labute approximate surface area is 89.4 Å². The van der Waals surface area contributed by atoms with E-state index in [1.807, 2.05) is 26.2 Å². The second-order valence-corrected chi connectivity index (χ2v) is 3.54. The van der Waals surface area contributed by atoms with Gasteiger partial charge in [0.15, 0.2) is 0 Å². The normalized spacial score (nSPS) is 10.0. The Morgan fingerprint density at radius 1 is 1.13 bits per heavy atom. The third-order valence-electron chi connectivity index (χ3n) is 2.24. The van der Waals surface area contributed by atoms with Gasteiger partial charge >= 0.3 is 0 Å². The van der Waals surface area contributed by atoms with Crippen LogP contribution in [0.2, 0.25) is 0 Å².